The summed E-state index contributed by atoms with van der Waals surface area (Å²) in [6.07, 6.45) is 1.22. The molecule has 0 spiro atoms. The third-order valence-corrected chi connectivity index (χ3v) is 5.65. The Bertz CT molecular complexity index is 729. The van der Waals surface area contributed by atoms with Gasteiger partial charge in [-0.1, -0.05) is 40.6 Å². The van der Waals surface area contributed by atoms with E-state index < -0.39 is 10.0 Å². The number of para-hydroxylation sites is 1. The maximum absolute atomic E-state index is 12.2. The zero-order valence-corrected chi connectivity index (χ0v) is 13.7. The topological polar surface area (TPSA) is 62.3 Å². The standard InChI is InChI=1S/C11H11Cl2N3O2S2/c1-16(2)10-7(12)4-3-5-8(10)15-20(17,18)9-6-14-11(13)19-9/h3-6,15H,1-2H3. The molecule has 0 bridgehead atoms. The number of hydrogen-bond acceptors (Lipinski definition) is 5. The normalized spacial score (nSPS) is 11.4. The molecule has 2 rings (SSSR count). The largest absolute Gasteiger partial charge is 0.375 e. The van der Waals surface area contributed by atoms with Crippen molar-refractivity contribution in [3.8, 4) is 0 Å². The quantitative estimate of drug-likeness (QED) is 0.917. The number of anilines is 2. The smallest absolute Gasteiger partial charge is 0.273 e. The summed E-state index contributed by atoms with van der Waals surface area (Å²) >= 11 is 12.6. The first-order valence-corrected chi connectivity index (χ1v) is 8.47. The number of aromatic nitrogens is 1. The van der Waals surface area contributed by atoms with E-state index in [9.17, 15) is 8.42 Å². The van der Waals surface area contributed by atoms with Gasteiger partial charge in [-0.15, -0.1) is 0 Å². The van der Waals surface area contributed by atoms with Gasteiger partial charge in [0.05, 0.1) is 22.6 Å². The van der Waals surface area contributed by atoms with Crippen LogP contribution in [0.4, 0.5) is 11.4 Å². The summed E-state index contributed by atoms with van der Waals surface area (Å²) in [4.78, 5) is 5.46. The number of nitrogens with zero attached hydrogens (tertiary/aromatic N) is 2. The van der Waals surface area contributed by atoms with E-state index in [0.29, 0.717) is 16.4 Å². The molecule has 1 N–H and O–H groups in total. The molecule has 0 saturated carbocycles. The molecule has 0 unspecified atom stereocenters. The fourth-order valence-corrected chi connectivity index (χ4v) is 4.31. The third-order valence-electron chi connectivity index (χ3n) is 2.40. The fourth-order valence-electron chi connectivity index (χ4n) is 1.61. The van der Waals surface area contributed by atoms with E-state index in [1.54, 1.807) is 37.2 Å². The van der Waals surface area contributed by atoms with Gasteiger partial charge in [0, 0.05) is 14.1 Å². The zero-order valence-electron chi connectivity index (χ0n) is 10.6. The lowest BCUT2D eigenvalue weighted by atomic mass is 10.2. The number of rotatable bonds is 4. The van der Waals surface area contributed by atoms with Gasteiger partial charge in [-0.3, -0.25) is 4.72 Å². The molecule has 1 aromatic carbocycles. The number of nitrogens with one attached hydrogen (secondary N) is 1. The van der Waals surface area contributed by atoms with Gasteiger partial charge in [0.2, 0.25) is 0 Å². The third kappa shape index (κ3) is 3.17. The Balaban J connectivity index is 2.42. The number of thiazole rings is 1. The second kappa shape index (κ2) is 5.77. The molecule has 20 heavy (non-hydrogen) atoms. The molecule has 0 radical (unpaired) electrons. The van der Waals surface area contributed by atoms with Crippen LogP contribution < -0.4 is 9.62 Å². The van der Waals surface area contributed by atoms with E-state index in [1.807, 2.05) is 0 Å². The van der Waals surface area contributed by atoms with E-state index >= 15 is 0 Å². The molecule has 5 nitrogen and oxygen atoms in total. The van der Waals surface area contributed by atoms with Crippen LogP contribution in [0.15, 0.2) is 28.6 Å². The van der Waals surface area contributed by atoms with Crippen LogP contribution in [-0.4, -0.2) is 27.5 Å². The van der Waals surface area contributed by atoms with E-state index in [-0.39, 0.29) is 8.68 Å². The van der Waals surface area contributed by atoms with Crippen molar-refractivity contribution in [1.29, 1.82) is 0 Å². The average molecular weight is 352 g/mol. The van der Waals surface area contributed by atoms with Crippen LogP contribution >= 0.6 is 34.5 Å². The van der Waals surface area contributed by atoms with Gasteiger partial charge in [0.1, 0.15) is 0 Å². The monoisotopic (exact) mass is 351 g/mol. The molecule has 0 atom stereocenters. The average Bonchev–Trinajstić information content (AvgIpc) is 2.75. The van der Waals surface area contributed by atoms with Crippen molar-refractivity contribution >= 4 is 55.9 Å². The molecule has 108 valence electrons. The Morgan fingerprint density at radius 1 is 1.30 bits per heavy atom. The van der Waals surface area contributed by atoms with Crippen molar-refractivity contribution < 1.29 is 8.42 Å². The van der Waals surface area contributed by atoms with Crippen LogP contribution in [0, 0.1) is 0 Å². The highest BCUT2D eigenvalue weighted by Gasteiger charge is 2.20. The molecular formula is C11H11Cl2N3O2S2. The van der Waals surface area contributed by atoms with E-state index in [2.05, 4.69) is 9.71 Å². The number of sulfonamides is 1. The van der Waals surface area contributed by atoms with Gasteiger partial charge in [-0.25, -0.2) is 13.4 Å². The second-order valence-corrected chi connectivity index (χ2v) is 8.00. The summed E-state index contributed by atoms with van der Waals surface area (Å²) in [5.41, 5.74) is 0.986. The lowest BCUT2D eigenvalue weighted by molar-refractivity contribution is 0.603. The van der Waals surface area contributed by atoms with Gasteiger partial charge in [-0.2, -0.15) is 0 Å². The number of hydrogen-bond donors (Lipinski definition) is 1. The highest BCUT2D eigenvalue weighted by molar-refractivity contribution is 7.94. The Labute approximate surface area is 131 Å². The first-order chi connectivity index (χ1) is 9.31. The summed E-state index contributed by atoms with van der Waals surface area (Å²) in [6, 6.07) is 5.01. The van der Waals surface area contributed by atoms with Crippen molar-refractivity contribution in [2.45, 2.75) is 4.21 Å². The SMILES string of the molecule is CN(C)c1c(Cl)cccc1NS(=O)(=O)c1cnc(Cl)s1. The highest BCUT2D eigenvalue weighted by atomic mass is 35.5. The minimum absolute atomic E-state index is 0.0483. The van der Waals surface area contributed by atoms with Crippen molar-refractivity contribution in [2.24, 2.45) is 0 Å². The summed E-state index contributed by atoms with van der Waals surface area (Å²) in [7, 11) is -0.168. The lowest BCUT2D eigenvalue weighted by Crippen LogP contribution is -2.16. The Morgan fingerprint density at radius 3 is 2.55 bits per heavy atom. The predicted octanol–water partition coefficient (Wildman–Crippen LogP) is 3.32. The van der Waals surface area contributed by atoms with Crippen LogP contribution in [-0.2, 0) is 10.0 Å². The zero-order chi connectivity index (χ0) is 14.9. The molecule has 1 heterocycles. The molecule has 0 aliphatic rings. The minimum atomic E-state index is -3.73. The fraction of sp³-hybridized carbons (Fsp3) is 0.182. The van der Waals surface area contributed by atoms with Crippen LogP contribution in [0.1, 0.15) is 0 Å². The van der Waals surface area contributed by atoms with Gasteiger partial charge < -0.3 is 4.90 Å². The molecule has 1 aromatic heterocycles. The molecular weight excluding hydrogens is 341 g/mol. The lowest BCUT2D eigenvalue weighted by Gasteiger charge is -2.19. The van der Waals surface area contributed by atoms with Crippen LogP contribution in [0.3, 0.4) is 0 Å². The molecule has 9 heteroatoms. The second-order valence-electron chi connectivity index (χ2n) is 4.07. The van der Waals surface area contributed by atoms with Gasteiger partial charge in [-0.05, 0) is 12.1 Å². The first-order valence-electron chi connectivity index (χ1n) is 5.41. The van der Waals surface area contributed by atoms with E-state index in [1.165, 1.54) is 6.20 Å². The van der Waals surface area contributed by atoms with Crippen molar-refractivity contribution in [2.75, 3.05) is 23.7 Å². The molecule has 0 fully saturated rings. The van der Waals surface area contributed by atoms with Gasteiger partial charge >= 0.3 is 0 Å². The molecule has 0 amide bonds. The van der Waals surface area contributed by atoms with Crippen LogP contribution in [0.5, 0.6) is 0 Å². The Morgan fingerprint density at radius 2 is 2.00 bits per heavy atom. The summed E-state index contributed by atoms with van der Waals surface area (Å²) < 4.78 is 27.2. The summed E-state index contributed by atoms with van der Waals surface area (Å²) in [5.74, 6) is 0. The van der Waals surface area contributed by atoms with Gasteiger partial charge in [0.25, 0.3) is 10.0 Å². The molecule has 0 aliphatic carbocycles. The van der Waals surface area contributed by atoms with Crippen molar-refractivity contribution in [1.82, 2.24) is 4.98 Å². The first kappa shape index (κ1) is 15.4. The van der Waals surface area contributed by atoms with Gasteiger partial charge in [0.15, 0.2) is 8.68 Å². The summed E-state index contributed by atoms with van der Waals surface area (Å²) in [5, 5.41) is 0.456. The minimum Gasteiger partial charge on any atom is -0.375 e. The van der Waals surface area contributed by atoms with Crippen LogP contribution in [0.2, 0.25) is 9.49 Å². The molecule has 0 aliphatic heterocycles. The molecule has 0 saturated heterocycles. The maximum Gasteiger partial charge on any atom is 0.273 e. The van der Waals surface area contributed by atoms with Crippen LogP contribution in [0.25, 0.3) is 0 Å². The predicted molar refractivity (Wildman–Crippen MR) is 83.7 cm³/mol. The van der Waals surface area contributed by atoms with Crippen molar-refractivity contribution in [3.63, 3.8) is 0 Å². The Hall–Kier alpha value is -1.02. The van der Waals surface area contributed by atoms with E-state index in [4.69, 9.17) is 23.2 Å². The van der Waals surface area contributed by atoms with E-state index in [0.717, 1.165) is 11.3 Å². The maximum atomic E-state index is 12.2. The Kier molecular flexibility index (Phi) is 4.43. The number of halogens is 2. The summed E-state index contributed by atoms with van der Waals surface area (Å²) in [6.45, 7) is 0. The number of benzene rings is 1. The highest BCUT2D eigenvalue weighted by Crippen LogP contribution is 2.34. The van der Waals surface area contributed by atoms with Crippen molar-refractivity contribution in [3.05, 3.63) is 33.9 Å². The molecule has 2 aromatic rings.